The molecule has 0 radical (unpaired) electrons. The van der Waals surface area contributed by atoms with Crippen molar-refractivity contribution in [2.75, 3.05) is 5.32 Å². The second kappa shape index (κ2) is 7.09. The van der Waals surface area contributed by atoms with E-state index in [-0.39, 0.29) is 0 Å². The van der Waals surface area contributed by atoms with E-state index < -0.39 is 5.82 Å². The molecule has 0 amide bonds. The van der Waals surface area contributed by atoms with Gasteiger partial charge in [0.05, 0.1) is 15.9 Å². The van der Waals surface area contributed by atoms with Crippen LogP contribution < -0.4 is 5.32 Å². The Labute approximate surface area is 158 Å². The Bertz CT molecular complexity index is 1150. The molecule has 3 aromatic carbocycles. The number of nitrogens with zero attached hydrogens (tertiary/aromatic N) is 1. The molecule has 0 aliphatic carbocycles. The number of carbonyl (C=O) groups excluding carboxylic acids is 2. The maximum absolute atomic E-state index is 14.6. The lowest BCUT2D eigenvalue weighted by atomic mass is 10.0. The molecular weight excluding hydrogens is 363 g/mol. The van der Waals surface area contributed by atoms with Crippen molar-refractivity contribution in [3.63, 3.8) is 0 Å². The lowest BCUT2D eigenvalue weighted by molar-refractivity contribution is 0.111. The number of hydrogen-bond donors (Lipinski definition) is 1. The highest BCUT2D eigenvalue weighted by Gasteiger charge is 2.09. The molecule has 1 heterocycles. The van der Waals surface area contributed by atoms with Crippen LogP contribution in [0.3, 0.4) is 0 Å². The Morgan fingerprint density at radius 1 is 0.852 bits per heavy atom. The van der Waals surface area contributed by atoms with E-state index in [0.717, 1.165) is 33.9 Å². The smallest absolute Gasteiger partial charge is 0.188 e. The molecule has 4 rings (SSSR count). The van der Waals surface area contributed by atoms with E-state index in [1.165, 1.54) is 17.4 Å². The summed E-state index contributed by atoms with van der Waals surface area (Å²) in [7, 11) is 0. The summed E-state index contributed by atoms with van der Waals surface area (Å²) in [6.45, 7) is 0. The molecule has 0 aliphatic rings. The fraction of sp³-hybridized carbons (Fsp3) is 0. The molecule has 0 atom stereocenters. The van der Waals surface area contributed by atoms with E-state index in [0.29, 0.717) is 21.9 Å². The van der Waals surface area contributed by atoms with Gasteiger partial charge in [-0.25, -0.2) is 9.37 Å². The van der Waals surface area contributed by atoms with Crippen LogP contribution in [-0.4, -0.2) is 17.6 Å². The van der Waals surface area contributed by atoms with Gasteiger partial charge in [-0.2, -0.15) is 0 Å². The van der Waals surface area contributed by atoms with Crippen molar-refractivity contribution in [2.24, 2.45) is 0 Å². The highest BCUT2D eigenvalue weighted by atomic mass is 32.1. The molecule has 0 bridgehead atoms. The normalized spacial score (nSPS) is 10.7. The first-order valence-corrected chi connectivity index (χ1v) is 8.96. The van der Waals surface area contributed by atoms with E-state index in [2.05, 4.69) is 10.3 Å². The maximum Gasteiger partial charge on any atom is 0.188 e. The molecule has 0 spiro atoms. The van der Waals surface area contributed by atoms with Gasteiger partial charge < -0.3 is 5.32 Å². The monoisotopic (exact) mass is 376 g/mol. The Hall–Kier alpha value is -3.38. The Balaban J connectivity index is 1.60. The highest BCUT2D eigenvalue weighted by Crippen LogP contribution is 2.31. The minimum absolute atomic E-state index is 0.318. The summed E-state index contributed by atoms with van der Waals surface area (Å²) in [5, 5.41) is 3.54. The molecule has 4 nitrogen and oxygen atoms in total. The van der Waals surface area contributed by atoms with Crippen LogP contribution in [0.5, 0.6) is 0 Å². The van der Waals surface area contributed by atoms with Crippen LogP contribution in [-0.2, 0) is 0 Å². The Morgan fingerprint density at radius 2 is 1.56 bits per heavy atom. The van der Waals surface area contributed by atoms with E-state index in [9.17, 15) is 14.0 Å². The van der Waals surface area contributed by atoms with Gasteiger partial charge in [0.2, 0.25) is 0 Å². The second-order valence-corrected chi connectivity index (χ2v) is 6.95. The van der Waals surface area contributed by atoms with Gasteiger partial charge in [-0.15, -0.1) is 0 Å². The summed E-state index contributed by atoms with van der Waals surface area (Å²) in [6, 6.07) is 17.1. The number of fused-ring (bicyclic) bond motifs is 1. The average Bonchev–Trinajstić information content (AvgIpc) is 3.11. The van der Waals surface area contributed by atoms with Crippen molar-refractivity contribution in [1.29, 1.82) is 0 Å². The van der Waals surface area contributed by atoms with Crippen molar-refractivity contribution in [2.45, 2.75) is 0 Å². The summed E-state index contributed by atoms with van der Waals surface area (Å²) in [6.07, 6.45) is 1.56. The Morgan fingerprint density at radius 3 is 2.26 bits per heavy atom. The van der Waals surface area contributed by atoms with E-state index in [1.54, 1.807) is 54.6 Å². The minimum atomic E-state index is -0.403. The van der Waals surface area contributed by atoms with Crippen LogP contribution in [0.15, 0.2) is 60.7 Å². The van der Waals surface area contributed by atoms with Gasteiger partial charge in [-0.1, -0.05) is 41.7 Å². The molecule has 132 valence electrons. The summed E-state index contributed by atoms with van der Waals surface area (Å²) >= 11 is 1.35. The minimum Gasteiger partial charge on any atom is -0.329 e. The zero-order valence-electron chi connectivity index (χ0n) is 14.0. The lowest BCUT2D eigenvalue weighted by Gasteiger charge is -2.07. The van der Waals surface area contributed by atoms with Crippen LogP contribution in [0.1, 0.15) is 20.7 Å². The quantitative estimate of drug-likeness (QED) is 0.469. The van der Waals surface area contributed by atoms with E-state index in [1.807, 2.05) is 0 Å². The number of hydrogen-bond acceptors (Lipinski definition) is 5. The fourth-order valence-corrected chi connectivity index (χ4v) is 3.66. The molecule has 0 saturated carbocycles. The van der Waals surface area contributed by atoms with Gasteiger partial charge in [0.1, 0.15) is 18.4 Å². The van der Waals surface area contributed by atoms with Crippen molar-refractivity contribution in [3.8, 4) is 11.1 Å². The SMILES string of the molecule is O=Cc1ccc(-c2ccc(Nc3nc4ccc(C=O)cc4s3)c(F)c2)cc1. The number of aromatic nitrogens is 1. The third kappa shape index (κ3) is 3.47. The molecule has 27 heavy (non-hydrogen) atoms. The van der Waals surface area contributed by atoms with Gasteiger partial charge in [-0.3, -0.25) is 9.59 Å². The predicted octanol–water partition coefficient (Wildman–Crippen LogP) is 5.47. The number of halogens is 1. The number of nitrogens with one attached hydrogen (secondary N) is 1. The first kappa shape index (κ1) is 17.1. The molecule has 0 saturated heterocycles. The van der Waals surface area contributed by atoms with Gasteiger partial charge in [0, 0.05) is 11.1 Å². The van der Waals surface area contributed by atoms with Crippen LogP contribution in [0.25, 0.3) is 21.3 Å². The third-order valence-electron chi connectivity index (χ3n) is 4.14. The van der Waals surface area contributed by atoms with Crippen LogP contribution in [0.2, 0.25) is 0 Å². The van der Waals surface area contributed by atoms with Crippen molar-refractivity contribution >= 4 is 44.9 Å². The zero-order chi connectivity index (χ0) is 18.8. The number of carbonyl (C=O) groups is 2. The highest BCUT2D eigenvalue weighted by molar-refractivity contribution is 7.22. The number of anilines is 2. The first-order valence-electron chi connectivity index (χ1n) is 8.14. The molecular formula is C21H13FN2O2S. The number of aldehydes is 2. The zero-order valence-corrected chi connectivity index (χ0v) is 14.8. The largest absolute Gasteiger partial charge is 0.329 e. The fourth-order valence-electron chi connectivity index (χ4n) is 2.73. The molecule has 6 heteroatoms. The summed E-state index contributed by atoms with van der Waals surface area (Å²) in [5.41, 5.74) is 3.76. The molecule has 0 fully saturated rings. The van der Waals surface area contributed by atoms with Crippen molar-refractivity contribution in [1.82, 2.24) is 4.98 Å². The van der Waals surface area contributed by atoms with Crippen LogP contribution in [0, 0.1) is 5.82 Å². The maximum atomic E-state index is 14.6. The topological polar surface area (TPSA) is 59.1 Å². The van der Waals surface area contributed by atoms with Gasteiger partial charge in [0.15, 0.2) is 5.13 Å². The van der Waals surface area contributed by atoms with Crippen molar-refractivity contribution in [3.05, 3.63) is 77.6 Å². The summed E-state index contributed by atoms with van der Waals surface area (Å²) < 4.78 is 15.4. The third-order valence-corrected chi connectivity index (χ3v) is 5.07. The number of thiazole rings is 1. The van der Waals surface area contributed by atoms with Crippen LogP contribution in [0.4, 0.5) is 15.2 Å². The summed E-state index contributed by atoms with van der Waals surface area (Å²) in [5.74, 6) is -0.403. The first-order chi connectivity index (χ1) is 13.2. The molecule has 1 N–H and O–H groups in total. The van der Waals surface area contributed by atoms with Gasteiger partial charge in [-0.05, 0) is 41.5 Å². The molecule has 1 aromatic heterocycles. The molecule has 0 aliphatic heterocycles. The number of benzene rings is 3. The van der Waals surface area contributed by atoms with Crippen molar-refractivity contribution < 1.29 is 14.0 Å². The van der Waals surface area contributed by atoms with Crippen LogP contribution >= 0.6 is 11.3 Å². The second-order valence-electron chi connectivity index (χ2n) is 5.92. The lowest BCUT2D eigenvalue weighted by Crippen LogP contribution is -1.93. The standard InChI is InChI=1S/C21H13FN2O2S/c22-17-10-16(15-4-1-13(11-25)2-5-15)6-8-18(17)23-21-24-19-7-3-14(12-26)9-20(19)27-21/h1-12H,(H,23,24). The number of rotatable bonds is 5. The van der Waals surface area contributed by atoms with Gasteiger partial charge in [0.25, 0.3) is 0 Å². The van der Waals surface area contributed by atoms with E-state index in [4.69, 9.17) is 0 Å². The molecule has 4 aromatic rings. The summed E-state index contributed by atoms with van der Waals surface area (Å²) in [4.78, 5) is 26.0. The van der Waals surface area contributed by atoms with E-state index >= 15 is 0 Å². The average molecular weight is 376 g/mol. The van der Waals surface area contributed by atoms with Gasteiger partial charge >= 0.3 is 0 Å². The predicted molar refractivity (Wildman–Crippen MR) is 106 cm³/mol. The molecule has 0 unspecified atom stereocenters. The Kier molecular flexibility index (Phi) is 4.48.